The number of unbranched alkanes of at least 4 members (excludes halogenated alkanes) is 1. The summed E-state index contributed by atoms with van der Waals surface area (Å²) in [5.74, 6) is 1.03. The third-order valence-electron chi connectivity index (χ3n) is 3.35. The first-order valence-corrected chi connectivity index (χ1v) is 6.80. The van der Waals surface area contributed by atoms with E-state index < -0.39 is 0 Å². The van der Waals surface area contributed by atoms with Gasteiger partial charge in [-0.1, -0.05) is 31.1 Å². The second-order valence-electron chi connectivity index (χ2n) is 5.48. The molecule has 0 aromatic heterocycles. The number of hydrogen-bond acceptors (Lipinski definition) is 4. The van der Waals surface area contributed by atoms with Crippen molar-refractivity contribution in [3.05, 3.63) is 29.8 Å². The van der Waals surface area contributed by atoms with Crippen LogP contribution >= 0.6 is 0 Å². The molecule has 4 N–H and O–H groups in total. The van der Waals surface area contributed by atoms with Crippen LogP contribution in [0.3, 0.4) is 0 Å². The van der Waals surface area contributed by atoms with E-state index in [-0.39, 0.29) is 17.9 Å². The summed E-state index contributed by atoms with van der Waals surface area (Å²) in [6, 6.07) is 7.43. The first-order chi connectivity index (χ1) is 9.49. The summed E-state index contributed by atoms with van der Waals surface area (Å²) < 4.78 is 5.63. The molecule has 0 saturated carbocycles. The van der Waals surface area contributed by atoms with E-state index >= 15 is 0 Å². The monoisotopic (exact) mass is 280 g/mol. The molecule has 0 unspecified atom stereocenters. The number of nitrogens with two attached hydrogens (primary N) is 1. The summed E-state index contributed by atoms with van der Waals surface area (Å²) in [6.07, 6.45) is 2.66. The van der Waals surface area contributed by atoms with E-state index in [1.807, 2.05) is 38.1 Å². The maximum atomic E-state index is 9.04. The van der Waals surface area contributed by atoms with E-state index in [1.165, 1.54) is 0 Å². The van der Waals surface area contributed by atoms with Crippen LogP contribution in [0.1, 0.15) is 38.7 Å². The Kier molecular flexibility index (Phi) is 6.31. The highest BCUT2D eigenvalue weighted by molar-refractivity contribution is 5.85. The van der Waals surface area contributed by atoms with Crippen molar-refractivity contribution >= 4 is 5.84 Å². The Labute approximate surface area is 120 Å². The molecular weight excluding hydrogens is 256 g/mol. The molecule has 0 radical (unpaired) electrons. The number of ether oxygens (including phenoxy) is 1. The Balaban J connectivity index is 2.28. The Morgan fingerprint density at radius 1 is 1.35 bits per heavy atom. The Morgan fingerprint density at radius 2 is 2.10 bits per heavy atom. The van der Waals surface area contributed by atoms with Crippen molar-refractivity contribution in [1.82, 2.24) is 0 Å². The number of rotatable bonds is 8. The SMILES string of the molecule is CC(C)(CCCCOc1cccc(CO)c1)/C(N)=N/O. The second kappa shape index (κ2) is 7.75. The van der Waals surface area contributed by atoms with Gasteiger partial charge in [0, 0.05) is 5.41 Å². The van der Waals surface area contributed by atoms with Gasteiger partial charge in [0.15, 0.2) is 0 Å². The summed E-state index contributed by atoms with van der Waals surface area (Å²) in [5, 5.41) is 20.8. The summed E-state index contributed by atoms with van der Waals surface area (Å²) in [6.45, 7) is 4.54. The zero-order valence-electron chi connectivity index (χ0n) is 12.2. The van der Waals surface area contributed by atoms with Gasteiger partial charge in [0.1, 0.15) is 11.6 Å². The van der Waals surface area contributed by atoms with E-state index in [4.69, 9.17) is 20.8 Å². The molecule has 20 heavy (non-hydrogen) atoms. The molecule has 0 fully saturated rings. The highest BCUT2D eigenvalue weighted by Gasteiger charge is 2.22. The predicted octanol–water partition coefficient (Wildman–Crippen LogP) is 2.50. The van der Waals surface area contributed by atoms with E-state index in [9.17, 15) is 0 Å². The van der Waals surface area contributed by atoms with Crippen LogP contribution in [0.4, 0.5) is 0 Å². The molecule has 0 heterocycles. The molecule has 5 heteroatoms. The average Bonchev–Trinajstić information content (AvgIpc) is 2.46. The number of oxime groups is 1. The van der Waals surface area contributed by atoms with Gasteiger partial charge < -0.3 is 20.8 Å². The molecule has 0 amide bonds. The summed E-state index contributed by atoms with van der Waals surface area (Å²) in [5.41, 5.74) is 6.18. The van der Waals surface area contributed by atoms with Gasteiger partial charge in [-0.2, -0.15) is 0 Å². The molecule has 112 valence electrons. The standard InChI is InChI=1S/C15H24N2O3/c1-15(2,14(16)17-19)8-3-4-9-20-13-7-5-6-12(10-13)11-18/h5-7,10,18-19H,3-4,8-9,11H2,1-2H3,(H2,16,17). The van der Waals surface area contributed by atoms with Crippen molar-refractivity contribution in [1.29, 1.82) is 0 Å². The molecule has 0 aliphatic rings. The van der Waals surface area contributed by atoms with Gasteiger partial charge in [-0.25, -0.2) is 0 Å². The Bertz CT molecular complexity index is 444. The lowest BCUT2D eigenvalue weighted by Gasteiger charge is -2.22. The van der Waals surface area contributed by atoms with Crippen LogP contribution < -0.4 is 10.5 Å². The third-order valence-corrected chi connectivity index (χ3v) is 3.35. The van der Waals surface area contributed by atoms with E-state index in [0.29, 0.717) is 6.61 Å². The highest BCUT2D eigenvalue weighted by Crippen LogP contribution is 2.23. The molecule has 0 atom stereocenters. The zero-order valence-corrected chi connectivity index (χ0v) is 12.2. The zero-order chi connectivity index (χ0) is 15.0. The summed E-state index contributed by atoms with van der Waals surface area (Å²) >= 11 is 0. The normalized spacial score (nSPS) is 12.4. The lowest BCUT2D eigenvalue weighted by molar-refractivity contribution is 0.276. The smallest absolute Gasteiger partial charge is 0.144 e. The van der Waals surface area contributed by atoms with Gasteiger partial charge in [-0.3, -0.25) is 0 Å². The largest absolute Gasteiger partial charge is 0.494 e. The van der Waals surface area contributed by atoms with Crippen LogP contribution in [-0.2, 0) is 6.61 Å². The maximum absolute atomic E-state index is 9.04. The quantitative estimate of drug-likeness (QED) is 0.224. The fourth-order valence-electron chi connectivity index (χ4n) is 1.86. The number of aliphatic hydroxyl groups is 1. The summed E-state index contributed by atoms with van der Waals surface area (Å²) in [4.78, 5) is 0. The summed E-state index contributed by atoms with van der Waals surface area (Å²) in [7, 11) is 0. The van der Waals surface area contributed by atoms with Crippen molar-refractivity contribution in [3.8, 4) is 5.75 Å². The van der Waals surface area contributed by atoms with Crippen molar-refractivity contribution < 1.29 is 15.1 Å². The van der Waals surface area contributed by atoms with Gasteiger partial charge in [0.05, 0.1) is 13.2 Å². The topological polar surface area (TPSA) is 88.1 Å². The number of amidine groups is 1. The van der Waals surface area contributed by atoms with Crippen molar-refractivity contribution in [2.24, 2.45) is 16.3 Å². The molecule has 1 rings (SSSR count). The minimum atomic E-state index is -0.300. The van der Waals surface area contributed by atoms with Gasteiger partial charge >= 0.3 is 0 Å². The van der Waals surface area contributed by atoms with Crippen LogP contribution in [0.5, 0.6) is 5.75 Å². The lowest BCUT2D eigenvalue weighted by Crippen LogP contribution is -2.31. The fourth-order valence-corrected chi connectivity index (χ4v) is 1.86. The van der Waals surface area contributed by atoms with Crippen LogP contribution in [0.15, 0.2) is 29.4 Å². The van der Waals surface area contributed by atoms with Gasteiger partial charge in [-0.15, -0.1) is 0 Å². The molecular formula is C15H24N2O3. The van der Waals surface area contributed by atoms with Gasteiger partial charge in [0.25, 0.3) is 0 Å². The van der Waals surface area contributed by atoms with Crippen molar-refractivity contribution in [3.63, 3.8) is 0 Å². The molecule has 0 spiro atoms. The molecule has 5 nitrogen and oxygen atoms in total. The van der Waals surface area contributed by atoms with Crippen molar-refractivity contribution in [2.45, 2.75) is 39.7 Å². The number of nitrogens with zero attached hydrogens (tertiary/aromatic N) is 1. The van der Waals surface area contributed by atoms with E-state index in [0.717, 1.165) is 30.6 Å². The van der Waals surface area contributed by atoms with Crippen LogP contribution in [0, 0.1) is 5.41 Å². The minimum absolute atomic E-state index is 0.0190. The van der Waals surface area contributed by atoms with Gasteiger partial charge in [0.2, 0.25) is 0 Å². The highest BCUT2D eigenvalue weighted by atomic mass is 16.5. The molecule has 0 aliphatic carbocycles. The first-order valence-electron chi connectivity index (χ1n) is 6.80. The van der Waals surface area contributed by atoms with Gasteiger partial charge in [-0.05, 0) is 37.0 Å². The second-order valence-corrected chi connectivity index (χ2v) is 5.48. The minimum Gasteiger partial charge on any atom is -0.494 e. The van der Waals surface area contributed by atoms with E-state index in [1.54, 1.807) is 0 Å². The fraction of sp³-hybridized carbons (Fsp3) is 0.533. The van der Waals surface area contributed by atoms with Crippen LogP contribution in [0.25, 0.3) is 0 Å². The van der Waals surface area contributed by atoms with Crippen LogP contribution in [0.2, 0.25) is 0 Å². The number of aliphatic hydroxyl groups excluding tert-OH is 1. The van der Waals surface area contributed by atoms with Crippen molar-refractivity contribution in [2.75, 3.05) is 6.61 Å². The molecule has 0 aliphatic heterocycles. The van der Waals surface area contributed by atoms with E-state index in [2.05, 4.69) is 5.16 Å². The maximum Gasteiger partial charge on any atom is 0.144 e. The molecule has 0 bridgehead atoms. The number of benzene rings is 1. The molecule has 0 saturated heterocycles. The Hall–Kier alpha value is -1.75. The molecule has 1 aromatic rings. The lowest BCUT2D eigenvalue weighted by atomic mass is 9.86. The number of hydrogen-bond donors (Lipinski definition) is 3. The third kappa shape index (κ3) is 5.09. The first kappa shape index (κ1) is 16.3. The van der Waals surface area contributed by atoms with Crippen LogP contribution in [-0.4, -0.2) is 22.8 Å². The predicted molar refractivity (Wildman–Crippen MR) is 78.9 cm³/mol. The Morgan fingerprint density at radius 3 is 2.75 bits per heavy atom. The molecule has 1 aromatic carbocycles. The average molecular weight is 280 g/mol.